The topological polar surface area (TPSA) is 55.1 Å². The predicted octanol–water partition coefficient (Wildman–Crippen LogP) is 3.66. The summed E-state index contributed by atoms with van der Waals surface area (Å²) in [5.74, 6) is 0.328. The van der Waals surface area contributed by atoms with Gasteiger partial charge in [-0.3, -0.25) is 0 Å². The van der Waals surface area contributed by atoms with Gasteiger partial charge in [0.25, 0.3) is 0 Å². The lowest BCUT2D eigenvalue weighted by atomic mass is 10.1. The molecule has 0 fully saturated rings. The number of imidazole rings is 1. The number of fused-ring (bicyclic) bond motifs is 1. The average Bonchev–Trinajstić information content (AvgIpc) is 2.86. The van der Waals surface area contributed by atoms with Crippen LogP contribution in [0.3, 0.4) is 0 Å². The number of aromatic carboxylic acids is 1. The molecule has 0 aliphatic heterocycles. The van der Waals surface area contributed by atoms with E-state index in [-0.39, 0.29) is 0 Å². The van der Waals surface area contributed by atoms with Gasteiger partial charge >= 0.3 is 5.97 Å². The Labute approximate surface area is 123 Å². The highest BCUT2D eigenvalue weighted by Crippen LogP contribution is 2.19. The first-order chi connectivity index (χ1) is 9.74. The van der Waals surface area contributed by atoms with Gasteiger partial charge in [-0.25, -0.2) is 9.78 Å². The van der Waals surface area contributed by atoms with Gasteiger partial charge in [0.2, 0.25) is 0 Å². The molecule has 4 nitrogen and oxygen atoms in total. The Kier molecular flexibility index (Phi) is 5.47. The van der Waals surface area contributed by atoms with Gasteiger partial charge in [-0.2, -0.15) is 11.8 Å². The Hall–Kier alpha value is -1.49. The van der Waals surface area contributed by atoms with E-state index in [0.29, 0.717) is 5.56 Å². The molecule has 20 heavy (non-hydrogen) atoms. The van der Waals surface area contributed by atoms with E-state index in [1.165, 1.54) is 25.0 Å². The third-order valence-electron chi connectivity index (χ3n) is 3.37. The van der Waals surface area contributed by atoms with Gasteiger partial charge in [0.15, 0.2) is 0 Å². The van der Waals surface area contributed by atoms with Crippen molar-refractivity contribution in [2.45, 2.75) is 32.2 Å². The van der Waals surface area contributed by atoms with Gasteiger partial charge in [-0.05, 0) is 37.0 Å². The molecule has 0 amide bonds. The number of carbonyl (C=O) groups is 1. The summed E-state index contributed by atoms with van der Waals surface area (Å²) in [6.07, 6.45) is 8.61. The van der Waals surface area contributed by atoms with E-state index < -0.39 is 5.97 Å². The van der Waals surface area contributed by atoms with Crippen molar-refractivity contribution in [3.63, 3.8) is 0 Å². The lowest BCUT2D eigenvalue weighted by molar-refractivity contribution is 0.0698. The lowest BCUT2D eigenvalue weighted by Crippen LogP contribution is -2.03. The van der Waals surface area contributed by atoms with Crippen molar-refractivity contribution < 1.29 is 9.90 Å². The summed E-state index contributed by atoms with van der Waals surface area (Å²) < 4.78 is 1.97. The molecule has 2 aromatic rings. The summed E-state index contributed by atoms with van der Waals surface area (Å²) in [4.78, 5) is 15.6. The minimum Gasteiger partial charge on any atom is -0.478 e. The minimum absolute atomic E-state index is 0.336. The van der Waals surface area contributed by atoms with Crippen molar-refractivity contribution >= 4 is 28.8 Å². The van der Waals surface area contributed by atoms with Crippen molar-refractivity contribution in [2.75, 3.05) is 12.0 Å². The third kappa shape index (κ3) is 3.54. The number of aryl methyl sites for hydroxylation is 1. The fourth-order valence-corrected chi connectivity index (χ4v) is 2.84. The van der Waals surface area contributed by atoms with Crippen LogP contribution in [0.25, 0.3) is 11.0 Å². The Balaban J connectivity index is 2.01. The number of carboxylic acid groups (broad SMARTS) is 1. The van der Waals surface area contributed by atoms with Crippen LogP contribution in [0.4, 0.5) is 0 Å². The highest BCUT2D eigenvalue weighted by Gasteiger charge is 2.12. The summed E-state index contributed by atoms with van der Waals surface area (Å²) in [6.45, 7) is 0.833. The zero-order valence-electron chi connectivity index (χ0n) is 11.7. The molecule has 0 unspecified atom stereocenters. The van der Waals surface area contributed by atoms with Gasteiger partial charge in [0.1, 0.15) is 0 Å². The molecule has 0 saturated carbocycles. The molecular formula is C15H20N2O2S. The van der Waals surface area contributed by atoms with Gasteiger partial charge in [0, 0.05) is 6.54 Å². The van der Waals surface area contributed by atoms with E-state index >= 15 is 0 Å². The molecule has 0 aliphatic rings. The monoisotopic (exact) mass is 292 g/mol. The van der Waals surface area contributed by atoms with Crippen molar-refractivity contribution in [1.82, 2.24) is 9.55 Å². The lowest BCUT2D eigenvalue weighted by Gasteiger charge is -2.06. The van der Waals surface area contributed by atoms with Gasteiger partial charge in [-0.15, -0.1) is 0 Å². The van der Waals surface area contributed by atoms with E-state index in [0.717, 1.165) is 24.0 Å². The molecule has 1 heterocycles. The average molecular weight is 292 g/mol. The summed E-state index contributed by atoms with van der Waals surface area (Å²) in [5, 5.41) is 9.25. The van der Waals surface area contributed by atoms with Crippen LogP contribution < -0.4 is 0 Å². The van der Waals surface area contributed by atoms with Crippen LogP contribution in [-0.2, 0) is 6.54 Å². The Morgan fingerprint density at radius 1 is 1.30 bits per heavy atom. The summed E-state index contributed by atoms with van der Waals surface area (Å²) >= 11 is 1.88. The number of aromatic nitrogens is 2. The molecule has 0 radical (unpaired) electrons. The molecule has 1 N–H and O–H groups in total. The van der Waals surface area contributed by atoms with Gasteiger partial charge in [0.05, 0.1) is 22.9 Å². The molecule has 1 aromatic heterocycles. The zero-order chi connectivity index (χ0) is 14.4. The molecule has 5 heteroatoms. The van der Waals surface area contributed by atoms with Crippen molar-refractivity contribution in [3.05, 3.63) is 30.1 Å². The maximum Gasteiger partial charge on any atom is 0.337 e. The molecule has 0 bridgehead atoms. The molecule has 2 rings (SSSR count). The molecule has 108 valence electrons. The van der Waals surface area contributed by atoms with Crippen LogP contribution in [0.1, 0.15) is 36.0 Å². The zero-order valence-corrected chi connectivity index (χ0v) is 12.5. The second kappa shape index (κ2) is 7.33. The van der Waals surface area contributed by atoms with E-state index in [2.05, 4.69) is 11.2 Å². The third-order valence-corrected chi connectivity index (χ3v) is 4.06. The minimum atomic E-state index is -0.891. The molecule has 0 spiro atoms. The summed E-state index contributed by atoms with van der Waals surface area (Å²) in [5.41, 5.74) is 1.83. The van der Waals surface area contributed by atoms with Crippen LogP contribution in [0.5, 0.6) is 0 Å². The van der Waals surface area contributed by atoms with E-state index in [4.69, 9.17) is 0 Å². The number of nitrogens with zero attached hydrogens (tertiary/aromatic N) is 2. The number of rotatable bonds is 8. The van der Waals surface area contributed by atoms with Crippen molar-refractivity contribution in [2.24, 2.45) is 0 Å². The maximum atomic E-state index is 11.3. The predicted molar refractivity (Wildman–Crippen MR) is 83.5 cm³/mol. The first-order valence-electron chi connectivity index (χ1n) is 6.90. The molecule has 1 aromatic carbocycles. The Morgan fingerprint density at radius 3 is 2.85 bits per heavy atom. The molecule has 0 saturated heterocycles. The van der Waals surface area contributed by atoms with Gasteiger partial charge < -0.3 is 9.67 Å². The number of carboxylic acids is 1. The Bertz CT molecular complexity index is 580. The van der Waals surface area contributed by atoms with Crippen LogP contribution in [-0.4, -0.2) is 32.6 Å². The fraction of sp³-hybridized carbons (Fsp3) is 0.467. The highest BCUT2D eigenvalue weighted by atomic mass is 32.2. The van der Waals surface area contributed by atoms with Crippen molar-refractivity contribution in [3.8, 4) is 0 Å². The van der Waals surface area contributed by atoms with E-state index in [1.807, 2.05) is 22.4 Å². The van der Waals surface area contributed by atoms with Crippen LogP contribution >= 0.6 is 11.8 Å². The van der Waals surface area contributed by atoms with Crippen LogP contribution in [0, 0.1) is 0 Å². The van der Waals surface area contributed by atoms with E-state index in [1.54, 1.807) is 18.5 Å². The number of hydrogen-bond donors (Lipinski definition) is 1. The second-order valence-electron chi connectivity index (χ2n) is 4.82. The van der Waals surface area contributed by atoms with Crippen LogP contribution in [0.2, 0.25) is 0 Å². The highest BCUT2D eigenvalue weighted by molar-refractivity contribution is 7.98. The largest absolute Gasteiger partial charge is 0.478 e. The second-order valence-corrected chi connectivity index (χ2v) is 5.81. The number of para-hydroxylation sites is 1. The summed E-state index contributed by atoms with van der Waals surface area (Å²) in [7, 11) is 0. The summed E-state index contributed by atoms with van der Waals surface area (Å²) in [6, 6.07) is 5.24. The maximum absolute atomic E-state index is 11.3. The van der Waals surface area contributed by atoms with Crippen LogP contribution in [0.15, 0.2) is 24.5 Å². The normalized spacial score (nSPS) is 11.1. The van der Waals surface area contributed by atoms with Gasteiger partial charge in [-0.1, -0.05) is 18.9 Å². The number of benzene rings is 1. The molecular weight excluding hydrogens is 272 g/mol. The smallest absolute Gasteiger partial charge is 0.337 e. The SMILES string of the molecule is CSCCCCCCn1cnc2cccc(C(=O)O)c21. The van der Waals surface area contributed by atoms with Crippen molar-refractivity contribution in [1.29, 1.82) is 0 Å². The molecule has 0 aliphatic carbocycles. The quantitative estimate of drug-likeness (QED) is 0.754. The number of thioether (sulfide) groups is 1. The number of hydrogen-bond acceptors (Lipinski definition) is 3. The molecule has 0 atom stereocenters. The number of unbranched alkanes of at least 4 members (excludes halogenated alkanes) is 3. The Morgan fingerprint density at radius 2 is 2.10 bits per heavy atom. The van der Waals surface area contributed by atoms with E-state index in [9.17, 15) is 9.90 Å². The standard InChI is InChI=1S/C15H20N2O2S/c1-20-10-5-3-2-4-9-17-11-16-13-8-6-7-12(14(13)17)15(18)19/h6-8,11H,2-5,9-10H2,1H3,(H,18,19). The fourth-order valence-electron chi connectivity index (χ4n) is 2.35. The first kappa shape index (κ1) is 14.9. The first-order valence-corrected chi connectivity index (χ1v) is 8.29.